The molecule has 0 aliphatic carbocycles. The van der Waals surface area contributed by atoms with E-state index in [4.69, 9.17) is 5.73 Å². The maximum atomic E-state index is 5.34. The first-order valence-electron chi connectivity index (χ1n) is 2.29. The van der Waals surface area contributed by atoms with Gasteiger partial charge in [-0.25, -0.2) is 0 Å². The third-order valence-corrected chi connectivity index (χ3v) is 0.730. The molecular formula is C5H7N3. The second-order valence-electron chi connectivity index (χ2n) is 1.40. The Morgan fingerprint density at radius 3 is 3.38 bits per heavy atom. The van der Waals surface area contributed by atoms with E-state index >= 15 is 0 Å². The van der Waals surface area contributed by atoms with Crippen LogP contribution in [0, 0.1) is 0 Å². The van der Waals surface area contributed by atoms with Crippen LogP contribution in [-0.2, 0) is 0 Å². The highest BCUT2D eigenvalue weighted by Gasteiger charge is 1.81. The van der Waals surface area contributed by atoms with Crippen molar-refractivity contribution in [1.82, 2.24) is 5.32 Å². The molecule has 1 rings (SSSR count). The summed E-state index contributed by atoms with van der Waals surface area (Å²) in [4.78, 5) is 3.79. The van der Waals surface area contributed by atoms with Gasteiger partial charge in [-0.2, -0.15) is 0 Å². The maximum Gasteiger partial charge on any atom is 0.0662 e. The number of rotatable bonds is 0. The Hall–Kier alpha value is -1.25. The first-order valence-corrected chi connectivity index (χ1v) is 2.29. The van der Waals surface area contributed by atoms with Crippen LogP contribution in [0.3, 0.4) is 0 Å². The molecule has 1 aliphatic heterocycles. The normalized spacial score (nSPS) is 16.8. The van der Waals surface area contributed by atoms with Crippen LogP contribution >= 0.6 is 0 Å². The van der Waals surface area contributed by atoms with Gasteiger partial charge in [0.15, 0.2) is 0 Å². The maximum absolute atomic E-state index is 5.34. The van der Waals surface area contributed by atoms with Crippen LogP contribution in [0.25, 0.3) is 0 Å². The fourth-order valence-corrected chi connectivity index (χ4v) is 0.397. The van der Waals surface area contributed by atoms with E-state index in [1.54, 1.807) is 24.8 Å². The Bertz CT molecular complexity index is 152. The van der Waals surface area contributed by atoms with E-state index in [0.717, 1.165) is 0 Å². The molecule has 0 aromatic rings. The van der Waals surface area contributed by atoms with Gasteiger partial charge in [0, 0.05) is 18.6 Å². The van der Waals surface area contributed by atoms with Crippen molar-refractivity contribution >= 4 is 6.21 Å². The van der Waals surface area contributed by atoms with Crippen LogP contribution in [0.15, 0.2) is 29.3 Å². The molecule has 3 N–H and O–H groups in total. The van der Waals surface area contributed by atoms with Crippen LogP contribution in [-0.4, -0.2) is 6.21 Å². The van der Waals surface area contributed by atoms with Gasteiger partial charge in [-0.05, 0) is 0 Å². The molecule has 0 aromatic carbocycles. The van der Waals surface area contributed by atoms with E-state index in [0.29, 0.717) is 5.70 Å². The molecular weight excluding hydrogens is 102 g/mol. The minimum Gasteiger partial charge on any atom is -0.396 e. The predicted molar refractivity (Wildman–Crippen MR) is 33.0 cm³/mol. The first kappa shape index (κ1) is 4.90. The topological polar surface area (TPSA) is 50.4 Å². The van der Waals surface area contributed by atoms with E-state index in [1.807, 2.05) is 0 Å². The summed E-state index contributed by atoms with van der Waals surface area (Å²) in [5.41, 5.74) is 5.98. The molecule has 0 aromatic heterocycles. The second kappa shape index (κ2) is 2.16. The minimum absolute atomic E-state index is 0.634. The second-order valence-corrected chi connectivity index (χ2v) is 1.40. The summed E-state index contributed by atoms with van der Waals surface area (Å²) < 4.78 is 0. The number of hydrogen-bond donors (Lipinski definition) is 2. The molecule has 3 heteroatoms. The van der Waals surface area contributed by atoms with Crippen molar-refractivity contribution in [3.05, 3.63) is 24.3 Å². The number of nitrogens with one attached hydrogen (secondary N) is 1. The van der Waals surface area contributed by atoms with Crippen LogP contribution in [0.5, 0.6) is 0 Å². The Kier molecular flexibility index (Phi) is 1.32. The summed E-state index contributed by atoms with van der Waals surface area (Å²) in [5, 5.41) is 2.80. The van der Waals surface area contributed by atoms with Crippen molar-refractivity contribution in [3.8, 4) is 0 Å². The van der Waals surface area contributed by atoms with Gasteiger partial charge in [0.05, 0.1) is 11.9 Å². The quantitative estimate of drug-likeness (QED) is 0.457. The van der Waals surface area contributed by atoms with Gasteiger partial charge in [-0.1, -0.05) is 0 Å². The highest BCUT2D eigenvalue weighted by Crippen LogP contribution is 1.81. The molecule has 0 fully saturated rings. The zero-order valence-corrected chi connectivity index (χ0v) is 4.33. The average Bonchev–Trinajstić information content (AvgIpc) is 1.94. The van der Waals surface area contributed by atoms with Crippen molar-refractivity contribution in [2.45, 2.75) is 0 Å². The van der Waals surface area contributed by atoms with Crippen LogP contribution < -0.4 is 11.1 Å². The highest BCUT2D eigenvalue weighted by atomic mass is 14.9. The summed E-state index contributed by atoms with van der Waals surface area (Å²) >= 11 is 0. The van der Waals surface area contributed by atoms with Gasteiger partial charge < -0.3 is 11.1 Å². The average molecular weight is 109 g/mol. The van der Waals surface area contributed by atoms with E-state index in [2.05, 4.69) is 10.3 Å². The Balaban J connectivity index is 2.69. The van der Waals surface area contributed by atoms with Crippen LogP contribution in [0.2, 0.25) is 0 Å². The molecule has 1 aliphatic rings. The summed E-state index contributed by atoms with van der Waals surface area (Å²) in [6.07, 6.45) is 6.59. The summed E-state index contributed by atoms with van der Waals surface area (Å²) in [6.45, 7) is 0. The molecule has 0 saturated heterocycles. The van der Waals surface area contributed by atoms with Crippen molar-refractivity contribution < 1.29 is 0 Å². The summed E-state index contributed by atoms with van der Waals surface area (Å²) in [6, 6.07) is 0. The van der Waals surface area contributed by atoms with Crippen LogP contribution in [0.4, 0.5) is 0 Å². The third kappa shape index (κ3) is 1.11. The molecule has 1 heterocycles. The van der Waals surface area contributed by atoms with E-state index in [9.17, 15) is 0 Å². The van der Waals surface area contributed by atoms with E-state index in [-0.39, 0.29) is 0 Å². The van der Waals surface area contributed by atoms with Gasteiger partial charge in [0.1, 0.15) is 0 Å². The van der Waals surface area contributed by atoms with Gasteiger partial charge in [0.25, 0.3) is 0 Å². The first-order chi connectivity index (χ1) is 3.89. The van der Waals surface area contributed by atoms with Crippen molar-refractivity contribution in [1.29, 1.82) is 0 Å². The summed E-state index contributed by atoms with van der Waals surface area (Å²) in [5.74, 6) is 0. The Morgan fingerprint density at radius 1 is 1.62 bits per heavy atom. The monoisotopic (exact) mass is 109 g/mol. The predicted octanol–water partition coefficient (Wildman–Crippen LogP) is -0.0683. The van der Waals surface area contributed by atoms with Crippen molar-refractivity contribution in [2.24, 2.45) is 10.7 Å². The van der Waals surface area contributed by atoms with Crippen LogP contribution in [0.1, 0.15) is 0 Å². The summed E-state index contributed by atoms with van der Waals surface area (Å²) in [7, 11) is 0. The van der Waals surface area contributed by atoms with Gasteiger partial charge in [-0.3, -0.25) is 4.99 Å². The molecule has 0 radical (unpaired) electrons. The third-order valence-electron chi connectivity index (χ3n) is 0.730. The fourth-order valence-electron chi connectivity index (χ4n) is 0.397. The van der Waals surface area contributed by atoms with Crippen molar-refractivity contribution in [3.63, 3.8) is 0 Å². The standard InChI is InChI=1S/C5H7N3/c6-5-3-7-1-2-8-4-5/h1-4,7H,6H2. The molecule has 42 valence electrons. The zero-order chi connectivity index (χ0) is 5.82. The Morgan fingerprint density at radius 2 is 2.50 bits per heavy atom. The number of nitrogens with two attached hydrogens (primary N) is 1. The van der Waals surface area contributed by atoms with Gasteiger partial charge in [0.2, 0.25) is 0 Å². The fraction of sp³-hybridized carbons (Fsp3) is 0. The van der Waals surface area contributed by atoms with E-state index < -0.39 is 0 Å². The molecule has 0 atom stereocenters. The molecule has 0 spiro atoms. The molecule has 0 saturated carbocycles. The highest BCUT2D eigenvalue weighted by molar-refractivity contribution is 5.77. The number of allylic oxidation sites excluding steroid dienone is 1. The van der Waals surface area contributed by atoms with Gasteiger partial charge >= 0.3 is 0 Å². The molecule has 0 bridgehead atoms. The SMILES string of the molecule is NC1=CNC=CN=C1. The minimum atomic E-state index is 0.634. The molecule has 3 nitrogen and oxygen atoms in total. The van der Waals surface area contributed by atoms with Gasteiger partial charge in [-0.15, -0.1) is 0 Å². The molecule has 0 amide bonds. The zero-order valence-electron chi connectivity index (χ0n) is 4.33. The lowest BCUT2D eigenvalue weighted by molar-refractivity contribution is 1.17. The van der Waals surface area contributed by atoms with E-state index in [1.165, 1.54) is 0 Å². The lowest BCUT2D eigenvalue weighted by Crippen LogP contribution is -2.02. The number of hydrogen-bond acceptors (Lipinski definition) is 3. The Labute approximate surface area is 47.6 Å². The smallest absolute Gasteiger partial charge is 0.0662 e. The largest absolute Gasteiger partial charge is 0.396 e. The lowest BCUT2D eigenvalue weighted by atomic mass is 10.5. The van der Waals surface area contributed by atoms with Crippen molar-refractivity contribution in [2.75, 3.05) is 0 Å². The molecule has 8 heavy (non-hydrogen) atoms. The molecule has 0 unspecified atom stereocenters. The number of nitrogens with zero attached hydrogens (tertiary/aromatic N) is 1. The lowest BCUT2D eigenvalue weighted by Gasteiger charge is -1.85. The number of aliphatic imine (C=N–C) groups is 1.